The standard InChI is InChI=1S/C13H14N4O/c1-9-3-4-11(14-2)10(7-9)13(18)17-12-8-15-5-6-16-12/h3-8,14H,1-2H3,(H,16,17,18). The quantitative estimate of drug-likeness (QED) is 0.864. The van der Waals surface area contributed by atoms with Gasteiger partial charge in [0.25, 0.3) is 5.91 Å². The van der Waals surface area contributed by atoms with Gasteiger partial charge in [-0.15, -0.1) is 0 Å². The number of nitrogens with one attached hydrogen (secondary N) is 2. The van der Waals surface area contributed by atoms with Gasteiger partial charge < -0.3 is 10.6 Å². The highest BCUT2D eigenvalue weighted by Crippen LogP contribution is 2.17. The number of aromatic nitrogens is 2. The number of carbonyl (C=O) groups excluding carboxylic acids is 1. The zero-order valence-electron chi connectivity index (χ0n) is 10.3. The molecule has 0 atom stereocenters. The molecule has 0 unspecified atom stereocenters. The Balaban J connectivity index is 2.26. The summed E-state index contributed by atoms with van der Waals surface area (Å²) >= 11 is 0. The van der Waals surface area contributed by atoms with Crippen molar-refractivity contribution in [3.8, 4) is 0 Å². The fourth-order valence-electron chi connectivity index (χ4n) is 1.61. The minimum absolute atomic E-state index is 0.205. The smallest absolute Gasteiger partial charge is 0.258 e. The number of hydrogen-bond acceptors (Lipinski definition) is 4. The van der Waals surface area contributed by atoms with Gasteiger partial charge in [0.1, 0.15) is 0 Å². The Morgan fingerprint density at radius 2 is 2.11 bits per heavy atom. The molecular formula is C13H14N4O. The molecule has 1 amide bonds. The summed E-state index contributed by atoms with van der Waals surface area (Å²) in [5.41, 5.74) is 2.39. The Labute approximate surface area is 105 Å². The Morgan fingerprint density at radius 3 is 2.78 bits per heavy atom. The molecule has 0 fully saturated rings. The lowest BCUT2D eigenvalue weighted by atomic mass is 10.1. The van der Waals surface area contributed by atoms with Gasteiger partial charge in [-0.05, 0) is 19.1 Å². The average Bonchev–Trinajstić information content (AvgIpc) is 2.40. The molecule has 2 aromatic rings. The summed E-state index contributed by atoms with van der Waals surface area (Å²) in [5.74, 6) is 0.231. The first-order valence-electron chi connectivity index (χ1n) is 5.56. The molecule has 0 radical (unpaired) electrons. The van der Waals surface area contributed by atoms with Crippen LogP contribution in [0.2, 0.25) is 0 Å². The molecule has 1 heterocycles. The van der Waals surface area contributed by atoms with Gasteiger partial charge in [-0.1, -0.05) is 11.6 Å². The van der Waals surface area contributed by atoms with E-state index in [9.17, 15) is 4.79 Å². The topological polar surface area (TPSA) is 66.9 Å². The van der Waals surface area contributed by atoms with Gasteiger partial charge in [0.05, 0.1) is 11.8 Å². The molecule has 0 aliphatic rings. The summed E-state index contributed by atoms with van der Waals surface area (Å²) in [5, 5.41) is 5.70. The maximum atomic E-state index is 12.1. The lowest BCUT2D eigenvalue weighted by Crippen LogP contribution is -2.15. The Morgan fingerprint density at radius 1 is 1.28 bits per heavy atom. The van der Waals surface area contributed by atoms with Gasteiger partial charge in [0, 0.05) is 25.1 Å². The van der Waals surface area contributed by atoms with Gasteiger partial charge in [-0.3, -0.25) is 9.78 Å². The van der Waals surface area contributed by atoms with Crippen LogP contribution in [0.15, 0.2) is 36.8 Å². The second-order valence-corrected chi connectivity index (χ2v) is 3.84. The van der Waals surface area contributed by atoms with Crippen LogP contribution >= 0.6 is 0 Å². The molecule has 0 aliphatic carbocycles. The molecule has 5 nitrogen and oxygen atoms in total. The van der Waals surface area contributed by atoms with E-state index in [1.54, 1.807) is 13.2 Å². The third kappa shape index (κ3) is 2.63. The van der Waals surface area contributed by atoms with E-state index in [0.29, 0.717) is 11.4 Å². The summed E-state index contributed by atoms with van der Waals surface area (Å²) in [6, 6.07) is 5.66. The largest absolute Gasteiger partial charge is 0.387 e. The molecule has 0 bridgehead atoms. The van der Waals surface area contributed by atoms with Crippen LogP contribution in [-0.2, 0) is 0 Å². The molecule has 1 aromatic heterocycles. The van der Waals surface area contributed by atoms with Crippen LogP contribution in [0.1, 0.15) is 15.9 Å². The molecule has 0 spiro atoms. The minimum Gasteiger partial charge on any atom is -0.387 e. The molecule has 0 aliphatic heterocycles. The molecule has 1 aromatic carbocycles. The van der Waals surface area contributed by atoms with E-state index in [4.69, 9.17) is 0 Å². The normalized spacial score (nSPS) is 9.89. The fraction of sp³-hybridized carbons (Fsp3) is 0.154. The van der Waals surface area contributed by atoms with Gasteiger partial charge in [-0.2, -0.15) is 0 Å². The van der Waals surface area contributed by atoms with Gasteiger partial charge in [0.2, 0.25) is 0 Å². The van der Waals surface area contributed by atoms with E-state index in [-0.39, 0.29) is 5.91 Å². The third-order valence-electron chi connectivity index (χ3n) is 2.49. The van der Waals surface area contributed by atoms with Crippen LogP contribution < -0.4 is 10.6 Å². The second kappa shape index (κ2) is 5.27. The molecule has 5 heteroatoms. The summed E-state index contributed by atoms with van der Waals surface area (Å²) in [4.78, 5) is 20.0. The average molecular weight is 242 g/mol. The van der Waals surface area contributed by atoms with E-state index >= 15 is 0 Å². The van der Waals surface area contributed by atoms with E-state index in [0.717, 1.165) is 11.3 Å². The van der Waals surface area contributed by atoms with Gasteiger partial charge in [0.15, 0.2) is 5.82 Å². The molecule has 2 N–H and O–H groups in total. The van der Waals surface area contributed by atoms with E-state index in [1.807, 2.05) is 25.1 Å². The summed E-state index contributed by atoms with van der Waals surface area (Å²) in [7, 11) is 1.78. The molecule has 0 saturated carbocycles. The Bertz CT molecular complexity index is 554. The zero-order chi connectivity index (χ0) is 13.0. The number of rotatable bonds is 3. The van der Waals surface area contributed by atoms with Gasteiger partial charge in [-0.25, -0.2) is 4.98 Å². The first kappa shape index (κ1) is 12.0. The highest BCUT2D eigenvalue weighted by molar-refractivity contribution is 6.07. The molecule has 2 rings (SSSR count). The molecular weight excluding hydrogens is 228 g/mol. The SMILES string of the molecule is CNc1ccc(C)cc1C(=O)Nc1cnccn1. The maximum Gasteiger partial charge on any atom is 0.258 e. The van der Waals surface area contributed by atoms with Crippen molar-refractivity contribution >= 4 is 17.4 Å². The van der Waals surface area contributed by atoms with Crippen LogP contribution in [0.3, 0.4) is 0 Å². The molecule has 18 heavy (non-hydrogen) atoms. The van der Waals surface area contributed by atoms with Crippen molar-refractivity contribution in [2.75, 3.05) is 17.7 Å². The zero-order valence-corrected chi connectivity index (χ0v) is 10.3. The minimum atomic E-state index is -0.205. The van der Waals surface area contributed by atoms with Gasteiger partial charge >= 0.3 is 0 Å². The first-order chi connectivity index (χ1) is 8.70. The van der Waals surface area contributed by atoms with Crippen molar-refractivity contribution in [1.29, 1.82) is 0 Å². The van der Waals surface area contributed by atoms with E-state index < -0.39 is 0 Å². The number of anilines is 2. The van der Waals surface area contributed by atoms with Crippen molar-refractivity contribution in [2.24, 2.45) is 0 Å². The summed E-state index contributed by atoms with van der Waals surface area (Å²) in [6.45, 7) is 1.94. The van der Waals surface area contributed by atoms with Crippen molar-refractivity contribution in [3.63, 3.8) is 0 Å². The van der Waals surface area contributed by atoms with Crippen LogP contribution in [0.25, 0.3) is 0 Å². The van der Waals surface area contributed by atoms with E-state index in [2.05, 4.69) is 20.6 Å². The third-order valence-corrected chi connectivity index (χ3v) is 2.49. The van der Waals surface area contributed by atoms with Crippen LogP contribution in [0.5, 0.6) is 0 Å². The number of aryl methyl sites for hydroxylation is 1. The summed E-state index contributed by atoms with van der Waals surface area (Å²) in [6.07, 6.45) is 4.60. The number of hydrogen-bond donors (Lipinski definition) is 2. The highest BCUT2D eigenvalue weighted by atomic mass is 16.1. The first-order valence-corrected chi connectivity index (χ1v) is 5.56. The summed E-state index contributed by atoms with van der Waals surface area (Å²) < 4.78 is 0. The molecule has 92 valence electrons. The van der Waals surface area contributed by atoms with E-state index in [1.165, 1.54) is 12.4 Å². The lowest BCUT2D eigenvalue weighted by molar-refractivity contribution is 0.102. The van der Waals surface area contributed by atoms with Crippen LogP contribution in [0, 0.1) is 6.92 Å². The second-order valence-electron chi connectivity index (χ2n) is 3.84. The van der Waals surface area contributed by atoms with Crippen molar-refractivity contribution in [2.45, 2.75) is 6.92 Å². The molecule has 0 saturated heterocycles. The van der Waals surface area contributed by atoms with Crippen molar-refractivity contribution in [1.82, 2.24) is 9.97 Å². The number of amides is 1. The van der Waals surface area contributed by atoms with Crippen molar-refractivity contribution < 1.29 is 4.79 Å². The van der Waals surface area contributed by atoms with Crippen LogP contribution in [0.4, 0.5) is 11.5 Å². The number of nitrogens with zero attached hydrogens (tertiary/aromatic N) is 2. The maximum absolute atomic E-state index is 12.1. The highest BCUT2D eigenvalue weighted by Gasteiger charge is 2.11. The Kier molecular flexibility index (Phi) is 3.52. The Hall–Kier alpha value is -2.43. The predicted octanol–water partition coefficient (Wildman–Crippen LogP) is 2.08. The van der Waals surface area contributed by atoms with Crippen LogP contribution in [-0.4, -0.2) is 22.9 Å². The predicted molar refractivity (Wildman–Crippen MR) is 70.7 cm³/mol. The number of carbonyl (C=O) groups is 1. The fourth-order valence-corrected chi connectivity index (χ4v) is 1.61. The lowest BCUT2D eigenvalue weighted by Gasteiger charge is -2.10. The van der Waals surface area contributed by atoms with Crippen molar-refractivity contribution in [3.05, 3.63) is 47.9 Å². The number of benzene rings is 1. The monoisotopic (exact) mass is 242 g/mol.